The van der Waals surface area contributed by atoms with E-state index < -0.39 is 0 Å². The zero-order valence-electron chi connectivity index (χ0n) is 17.1. The predicted octanol–water partition coefficient (Wildman–Crippen LogP) is 4.37. The van der Waals surface area contributed by atoms with Crippen LogP contribution in [0.1, 0.15) is 27.7 Å². The highest BCUT2D eigenvalue weighted by atomic mass is 16.7. The van der Waals surface area contributed by atoms with Crippen LogP contribution in [-0.4, -0.2) is 27.4 Å². The third kappa shape index (κ3) is 3.15. The summed E-state index contributed by atoms with van der Waals surface area (Å²) in [6.45, 7) is 0.635. The Bertz CT molecular complexity index is 1300. The van der Waals surface area contributed by atoms with Crippen molar-refractivity contribution in [3.63, 3.8) is 0 Å². The Morgan fingerprint density at radius 1 is 0.969 bits per heavy atom. The number of hydrogen-bond donors (Lipinski definition) is 1. The van der Waals surface area contributed by atoms with Crippen molar-refractivity contribution < 1.29 is 14.3 Å². The second-order valence-corrected chi connectivity index (χ2v) is 7.77. The molecule has 6 rings (SSSR count). The van der Waals surface area contributed by atoms with Crippen molar-refractivity contribution in [2.75, 3.05) is 12.1 Å². The molecule has 1 N–H and O–H groups in total. The lowest BCUT2D eigenvalue weighted by molar-refractivity contribution is 0.0666. The SMILES string of the molecule is O=C1c2ccccc2NC(c2cnn(-c3ccccc3)c2)N1Cc1ccc2c(c1)OCO2. The van der Waals surface area contributed by atoms with Gasteiger partial charge in [0.2, 0.25) is 6.79 Å². The zero-order valence-corrected chi connectivity index (χ0v) is 17.1. The number of aromatic nitrogens is 2. The molecule has 1 amide bonds. The van der Waals surface area contributed by atoms with Crippen molar-refractivity contribution in [2.24, 2.45) is 0 Å². The van der Waals surface area contributed by atoms with E-state index in [1.807, 2.05) is 88.6 Å². The van der Waals surface area contributed by atoms with Gasteiger partial charge in [0.1, 0.15) is 6.17 Å². The molecule has 3 heterocycles. The maximum absolute atomic E-state index is 13.5. The van der Waals surface area contributed by atoms with Gasteiger partial charge in [-0.2, -0.15) is 5.10 Å². The number of carbonyl (C=O) groups excluding carboxylic acids is 1. The van der Waals surface area contributed by atoms with E-state index in [9.17, 15) is 4.79 Å². The van der Waals surface area contributed by atoms with Crippen LogP contribution >= 0.6 is 0 Å². The molecule has 1 unspecified atom stereocenters. The third-order valence-electron chi connectivity index (χ3n) is 5.75. The van der Waals surface area contributed by atoms with Crippen molar-refractivity contribution in [3.8, 4) is 17.2 Å². The largest absolute Gasteiger partial charge is 0.454 e. The summed E-state index contributed by atoms with van der Waals surface area (Å²) >= 11 is 0. The number of ether oxygens (including phenoxy) is 2. The summed E-state index contributed by atoms with van der Waals surface area (Å²) in [6.07, 6.45) is 3.40. The van der Waals surface area contributed by atoms with E-state index in [2.05, 4.69) is 10.4 Å². The highest BCUT2D eigenvalue weighted by molar-refractivity contribution is 6.01. The molecule has 0 saturated heterocycles. The normalized spacial score (nSPS) is 16.6. The Hall–Kier alpha value is -4.26. The van der Waals surface area contributed by atoms with E-state index in [0.717, 1.165) is 28.3 Å². The van der Waals surface area contributed by atoms with Gasteiger partial charge in [-0.15, -0.1) is 0 Å². The topological polar surface area (TPSA) is 68.6 Å². The first kappa shape index (κ1) is 18.5. The minimum Gasteiger partial charge on any atom is -0.454 e. The molecule has 1 atom stereocenters. The summed E-state index contributed by atoms with van der Waals surface area (Å²) in [6, 6.07) is 23.3. The van der Waals surface area contributed by atoms with Gasteiger partial charge >= 0.3 is 0 Å². The van der Waals surface area contributed by atoms with Crippen molar-refractivity contribution in [2.45, 2.75) is 12.7 Å². The number of amides is 1. The molecule has 0 fully saturated rings. The van der Waals surface area contributed by atoms with E-state index >= 15 is 0 Å². The molecule has 1 aromatic heterocycles. The number of para-hydroxylation sites is 2. The first-order chi connectivity index (χ1) is 15.8. The highest BCUT2D eigenvalue weighted by Gasteiger charge is 2.34. The predicted molar refractivity (Wildman–Crippen MR) is 119 cm³/mol. The molecule has 4 aromatic rings. The molecule has 32 heavy (non-hydrogen) atoms. The summed E-state index contributed by atoms with van der Waals surface area (Å²) in [5.74, 6) is 1.39. The van der Waals surface area contributed by atoms with Crippen LogP contribution in [0.3, 0.4) is 0 Å². The van der Waals surface area contributed by atoms with Gasteiger partial charge < -0.3 is 19.7 Å². The van der Waals surface area contributed by atoms with Gasteiger partial charge in [0.25, 0.3) is 5.91 Å². The molecule has 158 valence electrons. The van der Waals surface area contributed by atoms with E-state index in [4.69, 9.17) is 9.47 Å². The number of nitrogens with one attached hydrogen (secondary N) is 1. The lowest BCUT2D eigenvalue weighted by Crippen LogP contribution is -2.42. The number of fused-ring (bicyclic) bond motifs is 2. The van der Waals surface area contributed by atoms with Crippen LogP contribution in [0, 0.1) is 0 Å². The van der Waals surface area contributed by atoms with Gasteiger partial charge in [-0.3, -0.25) is 4.79 Å². The molecule has 0 spiro atoms. The Balaban J connectivity index is 1.38. The highest BCUT2D eigenvalue weighted by Crippen LogP contribution is 2.37. The summed E-state index contributed by atoms with van der Waals surface area (Å²) in [4.78, 5) is 15.3. The average molecular weight is 424 g/mol. The van der Waals surface area contributed by atoms with Gasteiger partial charge in [0.05, 0.1) is 17.4 Å². The molecule has 0 bridgehead atoms. The van der Waals surface area contributed by atoms with Crippen molar-refractivity contribution in [1.82, 2.24) is 14.7 Å². The first-order valence-electron chi connectivity index (χ1n) is 10.4. The lowest BCUT2D eigenvalue weighted by Gasteiger charge is -2.37. The fourth-order valence-corrected chi connectivity index (χ4v) is 4.15. The zero-order chi connectivity index (χ0) is 21.5. The molecule has 7 nitrogen and oxygen atoms in total. The first-order valence-corrected chi connectivity index (χ1v) is 10.4. The number of hydrogen-bond acceptors (Lipinski definition) is 5. The minimum absolute atomic E-state index is 0.0329. The fourth-order valence-electron chi connectivity index (χ4n) is 4.15. The Kier molecular flexibility index (Phi) is 4.31. The molecule has 0 aliphatic carbocycles. The standard InChI is InChI=1S/C25H20N4O3/c30-25-20-8-4-5-9-21(20)27-24(18-13-26-29(15-18)19-6-2-1-3-7-19)28(25)14-17-10-11-22-23(12-17)32-16-31-22/h1-13,15,24,27H,14,16H2. The van der Waals surface area contributed by atoms with Crippen LogP contribution in [0.15, 0.2) is 85.2 Å². The lowest BCUT2D eigenvalue weighted by atomic mass is 10.0. The van der Waals surface area contributed by atoms with E-state index in [1.165, 1.54) is 0 Å². The summed E-state index contributed by atoms with van der Waals surface area (Å²) in [5, 5.41) is 8.06. The van der Waals surface area contributed by atoms with E-state index in [-0.39, 0.29) is 18.9 Å². The van der Waals surface area contributed by atoms with Crippen LogP contribution in [0.4, 0.5) is 5.69 Å². The molecule has 0 radical (unpaired) electrons. The Morgan fingerprint density at radius 3 is 2.69 bits per heavy atom. The third-order valence-corrected chi connectivity index (χ3v) is 5.75. The molecule has 3 aromatic carbocycles. The fraction of sp³-hybridized carbons (Fsp3) is 0.120. The number of nitrogens with zero attached hydrogens (tertiary/aromatic N) is 3. The van der Waals surface area contributed by atoms with Crippen LogP contribution in [-0.2, 0) is 6.54 Å². The molecule has 0 saturated carbocycles. The summed E-state index contributed by atoms with van der Waals surface area (Å²) in [7, 11) is 0. The number of anilines is 1. The smallest absolute Gasteiger partial charge is 0.258 e. The molecule has 2 aliphatic rings. The Morgan fingerprint density at radius 2 is 1.78 bits per heavy atom. The summed E-state index contributed by atoms with van der Waals surface area (Å²) < 4.78 is 12.8. The maximum atomic E-state index is 13.5. The van der Waals surface area contributed by atoms with Gasteiger partial charge in [-0.05, 0) is 42.0 Å². The average Bonchev–Trinajstić information content (AvgIpc) is 3.51. The number of carbonyl (C=O) groups is 1. The summed E-state index contributed by atoms with van der Waals surface area (Å²) in [5.41, 5.74) is 4.29. The number of benzene rings is 3. The minimum atomic E-state index is -0.361. The van der Waals surface area contributed by atoms with Gasteiger partial charge in [-0.25, -0.2) is 4.68 Å². The second-order valence-electron chi connectivity index (χ2n) is 7.77. The number of rotatable bonds is 4. The quantitative estimate of drug-likeness (QED) is 0.527. The van der Waals surface area contributed by atoms with Crippen molar-refractivity contribution in [1.29, 1.82) is 0 Å². The monoisotopic (exact) mass is 424 g/mol. The van der Waals surface area contributed by atoms with Crippen LogP contribution < -0.4 is 14.8 Å². The van der Waals surface area contributed by atoms with Crippen LogP contribution in [0.5, 0.6) is 11.5 Å². The second kappa shape index (κ2) is 7.46. The van der Waals surface area contributed by atoms with E-state index in [1.54, 1.807) is 6.20 Å². The molecular formula is C25H20N4O3. The van der Waals surface area contributed by atoms with E-state index in [0.29, 0.717) is 17.9 Å². The molecular weight excluding hydrogens is 404 g/mol. The maximum Gasteiger partial charge on any atom is 0.258 e. The Labute approximate surface area is 184 Å². The molecule has 2 aliphatic heterocycles. The molecule has 7 heteroatoms. The van der Waals surface area contributed by atoms with Crippen LogP contribution in [0.2, 0.25) is 0 Å². The van der Waals surface area contributed by atoms with Crippen molar-refractivity contribution >= 4 is 11.6 Å². The van der Waals surface area contributed by atoms with Gasteiger partial charge in [0.15, 0.2) is 11.5 Å². The van der Waals surface area contributed by atoms with Gasteiger partial charge in [0, 0.05) is 24.0 Å². The van der Waals surface area contributed by atoms with Crippen molar-refractivity contribution in [3.05, 3.63) is 102 Å². The van der Waals surface area contributed by atoms with Crippen LogP contribution in [0.25, 0.3) is 5.69 Å². The van der Waals surface area contributed by atoms with Gasteiger partial charge in [-0.1, -0.05) is 36.4 Å².